The maximum absolute atomic E-state index is 12.6. The van der Waals surface area contributed by atoms with E-state index in [0.717, 1.165) is 12.0 Å². The van der Waals surface area contributed by atoms with E-state index in [1.165, 1.54) is 5.56 Å². The van der Waals surface area contributed by atoms with Crippen molar-refractivity contribution in [2.75, 3.05) is 0 Å². The molecule has 4 heteroatoms. The molecule has 1 unspecified atom stereocenters. The highest BCUT2D eigenvalue weighted by Gasteiger charge is 2.42. The zero-order valence-electron chi connectivity index (χ0n) is 12.4. The van der Waals surface area contributed by atoms with E-state index >= 15 is 0 Å². The predicted octanol–water partition coefficient (Wildman–Crippen LogP) is 4.52. The number of hydrogen-bond acceptors (Lipinski definition) is 1. The molecule has 0 saturated heterocycles. The third-order valence-electron chi connectivity index (χ3n) is 4.65. The molecule has 1 nitrogen and oxygen atoms in total. The van der Waals surface area contributed by atoms with E-state index in [4.69, 9.17) is 0 Å². The van der Waals surface area contributed by atoms with E-state index in [1.807, 2.05) is 24.3 Å². The van der Waals surface area contributed by atoms with Crippen molar-refractivity contribution in [1.29, 1.82) is 0 Å². The Hall–Kier alpha value is -1.03. The lowest BCUT2D eigenvalue weighted by Gasteiger charge is -2.32. The molecule has 1 atom stereocenters. The highest BCUT2D eigenvalue weighted by atomic mass is 19.4. The summed E-state index contributed by atoms with van der Waals surface area (Å²) in [6.45, 7) is 2.09. The molecule has 1 fully saturated rings. The first-order valence-corrected chi connectivity index (χ1v) is 7.72. The van der Waals surface area contributed by atoms with E-state index in [-0.39, 0.29) is 18.8 Å². The first-order chi connectivity index (χ1) is 9.90. The Morgan fingerprint density at radius 2 is 1.57 bits per heavy atom. The Labute approximate surface area is 124 Å². The van der Waals surface area contributed by atoms with Crippen LogP contribution in [0.4, 0.5) is 13.2 Å². The SMILES string of the molecule is CCc1ccc(CC(O)C2CCC(C(F)(F)F)CC2)cc1. The van der Waals surface area contributed by atoms with Crippen molar-refractivity contribution in [3.05, 3.63) is 35.4 Å². The number of aryl methyl sites for hydroxylation is 1. The minimum absolute atomic E-state index is 0.00514. The molecule has 0 amide bonds. The molecule has 2 rings (SSSR count). The summed E-state index contributed by atoms with van der Waals surface area (Å²) in [4.78, 5) is 0. The molecule has 0 aliphatic heterocycles. The summed E-state index contributed by atoms with van der Waals surface area (Å²) in [5, 5.41) is 10.3. The van der Waals surface area contributed by atoms with Gasteiger partial charge in [0.25, 0.3) is 0 Å². The molecule has 21 heavy (non-hydrogen) atoms. The van der Waals surface area contributed by atoms with Crippen LogP contribution in [0.2, 0.25) is 0 Å². The second-order valence-corrected chi connectivity index (χ2v) is 6.09. The first kappa shape index (κ1) is 16.3. The lowest BCUT2D eigenvalue weighted by molar-refractivity contribution is -0.185. The van der Waals surface area contributed by atoms with Gasteiger partial charge >= 0.3 is 6.18 Å². The van der Waals surface area contributed by atoms with Crippen LogP contribution in [0.1, 0.15) is 43.7 Å². The van der Waals surface area contributed by atoms with Crippen molar-refractivity contribution in [2.24, 2.45) is 11.8 Å². The van der Waals surface area contributed by atoms with Gasteiger partial charge in [0.05, 0.1) is 12.0 Å². The first-order valence-electron chi connectivity index (χ1n) is 7.72. The standard InChI is InChI=1S/C17H23F3O/c1-2-12-3-5-13(6-4-12)11-16(21)14-7-9-15(10-8-14)17(18,19)20/h3-6,14-16,21H,2,7-11H2,1H3. The third kappa shape index (κ3) is 4.47. The molecule has 118 valence electrons. The number of halogens is 3. The maximum atomic E-state index is 12.6. The lowest BCUT2D eigenvalue weighted by Crippen LogP contribution is -2.32. The van der Waals surface area contributed by atoms with Gasteiger partial charge < -0.3 is 5.11 Å². The van der Waals surface area contributed by atoms with Gasteiger partial charge in [0, 0.05) is 0 Å². The summed E-state index contributed by atoms with van der Waals surface area (Å²) in [6, 6.07) is 8.10. The van der Waals surface area contributed by atoms with Gasteiger partial charge in [-0.2, -0.15) is 13.2 Å². The highest BCUT2D eigenvalue weighted by molar-refractivity contribution is 5.23. The minimum Gasteiger partial charge on any atom is -0.392 e. The molecule has 1 N–H and O–H groups in total. The van der Waals surface area contributed by atoms with Gasteiger partial charge in [0.15, 0.2) is 0 Å². The second kappa shape index (κ2) is 6.82. The van der Waals surface area contributed by atoms with Gasteiger partial charge in [0.1, 0.15) is 0 Å². The zero-order valence-corrected chi connectivity index (χ0v) is 12.4. The molecule has 1 aliphatic carbocycles. The van der Waals surface area contributed by atoms with Crippen LogP contribution in [-0.4, -0.2) is 17.4 Å². The van der Waals surface area contributed by atoms with Crippen LogP contribution in [0.15, 0.2) is 24.3 Å². The maximum Gasteiger partial charge on any atom is 0.391 e. The molecule has 1 aromatic carbocycles. The van der Waals surface area contributed by atoms with Gasteiger partial charge in [-0.05, 0) is 55.6 Å². The van der Waals surface area contributed by atoms with E-state index in [2.05, 4.69) is 6.92 Å². The van der Waals surface area contributed by atoms with Crippen molar-refractivity contribution in [3.8, 4) is 0 Å². The molecular formula is C17H23F3O. The number of rotatable bonds is 4. The number of benzene rings is 1. The molecule has 1 aromatic rings. The Kier molecular flexibility index (Phi) is 5.31. The summed E-state index contributed by atoms with van der Waals surface area (Å²) < 4.78 is 37.9. The van der Waals surface area contributed by atoms with Crippen LogP contribution in [-0.2, 0) is 12.8 Å². The fraction of sp³-hybridized carbons (Fsp3) is 0.647. The smallest absolute Gasteiger partial charge is 0.391 e. The number of aliphatic hydroxyl groups excluding tert-OH is 1. The van der Waals surface area contributed by atoms with Crippen LogP contribution in [0, 0.1) is 11.8 Å². The second-order valence-electron chi connectivity index (χ2n) is 6.09. The average molecular weight is 300 g/mol. The van der Waals surface area contributed by atoms with E-state index in [9.17, 15) is 18.3 Å². The van der Waals surface area contributed by atoms with E-state index in [0.29, 0.717) is 19.3 Å². The van der Waals surface area contributed by atoms with E-state index < -0.39 is 18.2 Å². The summed E-state index contributed by atoms with van der Waals surface area (Å²) in [5.74, 6) is -1.18. The van der Waals surface area contributed by atoms with Gasteiger partial charge in [0.2, 0.25) is 0 Å². The monoisotopic (exact) mass is 300 g/mol. The van der Waals surface area contributed by atoms with Crippen molar-refractivity contribution >= 4 is 0 Å². The zero-order chi connectivity index (χ0) is 15.5. The summed E-state index contributed by atoms with van der Waals surface area (Å²) in [6.07, 6.45) is -1.86. The third-order valence-corrected chi connectivity index (χ3v) is 4.65. The topological polar surface area (TPSA) is 20.2 Å². The molecular weight excluding hydrogens is 277 g/mol. The fourth-order valence-corrected chi connectivity index (χ4v) is 3.15. The molecule has 0 bridgehead atoms. The Bertz CT molecular complexity index is 430. The quantitative estimate of drug-likeness (QED) is 0.866. The van der Waals surface area contributed by atoms with Gasteiger partial charge in [-0.15, -0.1) is 0 Å². The molecule has 0 radical (unpaired) electrons. The summed E-state index contributed by atoms with van der Waals surface area (Å²) >= 11 is 0. The Morgan fingerprint density at radius 1 is 1.05 bits per heavy atom. The fourth-order valence-electron chi connectivity index (χ4n) is 3.15. The van der Waals surface area contributed by atoms with Gasteiger partial charge in [-0.25, -0.2) is 0 Å². The van der Waals surface area contributed by atoms with Crippen LogP contribution in [0.3, 0.4) is 0 Å². The van der Waals surface area contributed by atoms with Gasteiger partial charge in [-0.1, -0.05) is 31.2 Å². The summed E-state index contributed by atoms with van der Waals surface area (Å²) in [5.41, 5.74) is 2.30. The molecule has 0 heterocycles. The number of hydrogen-bond donors (Lipinski definition) is 1. The molecule has 0 spiro atoms. The molecule has 0 aromatic heterocycles. The minimum atomic E-state index is -4.08. The normalized spacial score (nSPS) is 24.8. The largest absolute Gasteiger partial charge is 0.392 e. The van der Waals surface area contributed by atoms with Crippen LogP contribution >= 0.6 is 0 Å². The van der Waals surface area contributed by atoms with Crippen LogP contribution < -0.4 is 0 Å². The van der Waals surface area contributed by atoms with Crippen molar-refractivity contribution in [3.63, 3.8) is 0 Å². The predicted molar refractivity (Wildman–Crippen MR) is 77.0 cm³/mol. The molecule has 1 aliphatic rings. The van der Waals surface area contributed by atoms with Crippen LogP contribution in [0.25, 0.3) is 0 Å². The average Bonchev–Trinajstić information content (AvgIpc) is 2.47. The molecule has 1 saturated carbocycles. The number of aliphatic hydroxyl groups is 1. The van der Waals surface area contributed by atoms with E-state index in [1.54, 1.807) is 0 Å². The van der Waals surface area contributed by atoms with Crippen molar-refractivity contribution in [1.82, 2.24) is 0 Å². The highest BCUT2D eigenvalue weighted by Crippen LogP contribution is 2.40. The summed E-state index contributed by atoms with van der Waals surface area (Å²) in [7, 11) is 0. The van der Waals surface area contributed by atoms with Gasteiger partial charge in [-0.3, -0.25) is 0 Å². The number of alkyl halides is 3. The lowest BCUT2D eigenvalue weighted by atomic mass is 9.78. The van der Waals surface area contributed by atoms with Crippen molar-refractivity contribution in [2.45, 2.75) is 57.7 Å². The Morgan fingerprint density at radius 3 is 2.05 bits per heavy atom. The van der Waals surface area contributed by atoms with Crippen molar-refractivity contribution < 1.29 is 18.3 Å². The van der Waals surface area contributed by atoms with Crippen LogP contribution in [0.5, 0.6) is 0 Å². The Balaban J connectivity index is 1.85.